The summed E-state index contributed by atoms with van der Waals surface area (Å²) in [5, 5.41) is 19.9. The average molecular weight is 388 g/mol. The number of non-ortho nitro benzene ring substituents is 1. The first kappa shape index (κ1) is 22.1. The first-order valence-corrected chi connectivity index (χ1v) is 8.36. The predicted molar refractivity (Wildman–Crippen MR) is 100 cm³/mol. The number of likely N-dealkylation sites (N-methyl/N-ethyl adjacent to an activating group) is 1. The minimum atomic E-state index is -0.815. The van der Waals surface area contributed by atoms with Crippen molar-refractivity contribution in [2.45, 2.75) is 31.8 Å². The van der Waals surface area contributed by atoms with Gasteiger partial charge in [0.1, 0.15) is 5.75 Å². The molecule has 0 bridgehead atoms. The van der Waals surface area contributed by atoms with E-state index in [1.807, 2.05) is 11.9 Å². The molecule has 8 nitrogen and oxygen atoms in total. The summed E-state index contributed by atoms with van der Waals surface area (Å²) < 4.78 is 5.33. The van der Waals surface area contributed by atoms with Gasteiger partial charge in [-0.3, -0.25) is 24.7 Å². The maximum absolute atomic E-state index is 11.0. The SMILES string of the molecule is COc1ccc([N+](=O)[O-])cc1CN1CCCC(N(C)CC(=O)O)CC1.Cl. The van der Waals surface area contributed by atoms with Crippen LogP contribution in [-0.4, -0.2) is 65.6 Å². The van der Waals surface area contributed by atoms with Crippen LogP contribution in [0.5, 0.6) is 5.75 Å². The van der Waals surface area contributed by atoms with Gasteiger partial charge in [0.15, 0.2) is 0 Å². The molecule has 1 heterocycles. The van der Waals surface area contributed by atoms with Crippen LogP contribution in [0.1, 0.15) is 24.8 Å². The minimum absolute atomic E-state index is 0. The number of carboxylic acids is 1. The summed E-state index contributed by atoms with van der Waals surface area (Å²) in [5.41, 5.74) is 0.860. The molecule has 9 heteroatoms. The van der Waals surface area contributed by atoms with Crippen molar-refractivity contribution in [2.75, 3.05) is 33.8 Å². The largest absolute Gasteiger partial charge is 0.496 e. The number of rotatable bonds is 7. The fraction of sp³-hybridized carbons (Fsp3) is 0.588. The van der Waals surface area contributed by atoms with Crippen molar-refractivity contribution in [2.24, 2.45) is 0 Å². The van der Waals surface area contributed by atoms with Crippen LogP contribution in [0.15, 0.2) is 18.2 Å². The van der Waals surface area contributed by atoms with E-state index in [-0.39, 0.29) is 30.7 Å². The van der Waals surface area contributed by atoms with Gasteiger partial charge >= 0.3 is 5.97 Å². The number of hydrogen-bond donors (Lipinski definition) is 1. The zero-order valence-corrected chi connectivity index (χ0v) is 15.9. The molecule has 1 aromatic carbocycles. The predicted octanol–water partition coefficient (Wildman–Crippen LogP) is 2.40. The number of carbonyl (C=O) groups is 1. The molecular weight excluding hydrogens is 362 g/mol. The molecule has 0 amide bonds. The third kappa shape index (κ3) is 6.12. The fourth-order valence-electron chi connectivity index (χ4n) is 3.32. The lowest BCUT2D eigenvalue weighted by Gasteiger charge is -2.25. The van der Waals surface area contributed by atoms with E-state index in [0.29, 0.717) is 12.3 Å². The lowest BCUT2D eigenvalue weighted by molar-refractivity contribution is -0.385. The van der Waals surface area contributed by atoms with Gasteiger partial charge in [-0.2, -0.15) is 0 Å². The second kappa shape index (κ2) is 10.3. The van der Waals surface area contributed by atoms with Gasteiger partial charge in [-0.25, -0.2) is 0 Å². The van der Waals surface area contributed by atoms with E-state index in [1.54, 1.807) is 19.2 Å². The Morgan fingerprint density at radius 3 is 2.77 bits per heavy atom. The van der Waals surface area contributed by atoms with Gasteiger partial charge in [-0.1, -0.05) is 0 Å². The highest BCUT2D eigenvalue weighted by Crippen LogP contribution is 2.26. The van der Waals surface area contributed by atoms with Crippen LogP contribution < -0.4 is 4.74 Å². The number of hydrogen-bond acceptors (Lipinski definition) is 6. The molecule has 1 N–H and O–H groups in total. The molecule has 0 radical (unpaired) electrons. The van der Waals surface area contributed by atoms with Gasteiger partial charge in [-0.05, 0) is 45.5 Å². The molecule has 1 fully saturated rings. The number of carboxylic acid groups (broad SMARTS) is 1. The second-order valence-corrected chi connectivity index (χ2v) is 6.42. The Balaban J connectivity index is 0.00000338. The Morgan fingerprint density at radius 1 is 1.42 bits per heavy atom. The minimum Gasteiger partial charge on any atom is -0.496 e. The lowest BCUT2D eigenvalue weighted by Crippen LogP contribution is -2.36. The van der Waals surface area contributed by atoms with Crippen molar-refractivity contribution in [1.29, 1.82) is 0 Å². The van der Waals surface area contributed by atoms with Crippen LogP contribution in [0.2, 0.25) is 0 Å². The Labute approximate surface area is 159 Å². The fourth-order valence-corrected chi connectivity index (χ4v) is 3.32. The maximum Gasteiger partial charge on any atom is 0.317 e. The first-order chi connectivity index (χ1) is 11.9. The van der Waals surface area contributed by atoms with Crippen molar-refractivity contribution in [3.8, 4) is 5.75 Å². The number of nitro groups is 1. The normalized spacial score (nSPS) is 18.0. The van der Waals surface area contributed by atoms with E-state index in [4.69, 9.17) is 9.84 Å². The zero-order valence-electron chi connectivity index (χ0n) is 15.1. The standard InChI is InChI=1S/C17H25N3O5.ClH/c1-18(12-17(21)22)14-4-3-8-19(9-7-14)11-13-10-15(20(23)24)5-6-16(13)25-2;/h5-6,10,14H,3-4,7-9,11-12H2,1-2H3,(H,21,22);1H. The summed E-state index contributed by atoms with van der Waals surface area (Å²) >= 11 is 0. The van der Waals surface area contributed by atoms with Crippen molar-refractivity contribution >= 4 is 24.1 Å². The highest BCUT2D eigenvalue weighted by molar-refractivity contribution is 5.85. The van der Waals surface area contributed by atoms with Crippen LogP contribution in [0, 0.1) is 10.1 Å². The highest BCUT2D eigenvalue weighted by atomic mass is 35.5. The van der Waals surface area contributed by atoms with Gasteiger partial charge in [0.05, 0.1) is 18.6 Å². The Hall–Kier alpha value is -1.90. The Bertz CT molecular complexity index is 628. The summed E-state index contributed by atoms with van der Waals surface area (Å²) in [5.74, 6) is -0.167. The van der Waals surface area contributed by atoms with Crippen molar-refractivity contribution in [3.05, 3.63) is 33.9 Å². The molecule has 0 aliphatic carbocycles. The number of ether oxygens (including phenoxy) is 1. The lowest BCUT2D eigenvalue weighted by atomic mass is 10.1. The molecule has 1 unspecified atom stereocenters. The number of nitro benzene ring substituents is 1. The number of aliphatic carboxylic acids is 1. The Morgan fingerprint density at radius 2 is 2.15 bits per heavy atom. The highest BCUT2D eigenvalue weighted by Gasteiger charge is 2.22. The third-order valence-electron chi connectivity index (χ3n) is 4.67. The summed E-state index contributed by atoms with van der Waals surface area (Å²) in [6.45, 7) is 2.33. The molecule has 1 atom stereocenters. The number of halogens is 1. The van der Waals surface area contributed by atoms with Gasteiger partial charge < -0.3 is 9.84 Å². The monoisotopic (exact) mass is 387 g/mol. The summed E-state index contributed by atoms with van der Waals surface area (Å²) in [6, 6.07) is 4.89. The molecule has 146 valence electrons. The van der Waals surface area contributed by atoms with Crippen molar-refractivity contribution in [1.82, 2.24) is 9.80 Å². The van der Waals surface area contributed by atoms with E-state index in [1.165, 1.54) is 6.07 Å². The van der Waals surface area contributed by atoms with Gasteiger partial charge in [-0.15, -0.1) is 12.4 Å². The molecule has 0 spiro atoms. The Kier molecular flexibility index (Phi) is 8.77. The van der Waals surface area contributed by atoms with Crippen LogP contribution in [-0.2, 0) is 11.3 Å². The smallest absolute Gasteiger partial charge is 0.317 e. The quantitative estimate of drug-likeness (QED) is 0.566. The van der Waals surface area contributed by atoms with Crippen LogP contribution in [0.4, 0.5) is 5.69 Å². The number of nitrogens with zero attached hydrogens (tertiary/aromatic N) is 3. The molecule has 26 heavy (non-hydrogen) atoms. The van der Waals surface area contributed by atoms with E-state index >= 15 is 0 Å². The van der Waals surface area contributed by atoms with E-state index in [9.17, 15) is 14.9 Å². The molecule has 0 aromatic heterocycles. The van der Waals surface area contributed by atoms with E-state index in [0.717, 1.165) is 37.9 Å². The van der Waals surface area contributed by atoms with Gasteiger partial charge in [0.25, 0.3) is 5.69 Å². The molecule has 2 rings (SSSR count). The maximum atomic E-state index is 11.0. The first-order valence-electron chi connectivity index (χ1n) is 8.36. The molecule has 1 aliphatic rings. The van der Waals surface area contributed by atoms with Crippen LogP contribution in [0.25, 0.3) is 0 Å². The average Bonchev–Trinajstić information content (AvgIpc) is 2.79. The number of likely N-dealkylation sites (tertiary alicyclic amines) is 1. The van der Waals surface area contributed by atoms with E-state index in [2.05, 4.69) is 4.90 Å². The van der Waals surface area contributed by atoms with Crippen molar-refractivity contribution in [3.63, 3.8) is 0 Å². The summed E-state index contributed by atoms with van der Waals surface area (Å²) in [7, 11) is 3.40. The van der Waals surface area contributed by atoms with Crippen LogP contribution >= 0.6 is 12.4 Å². The van der Waals surface area contributed by atoms with E-state index < -0.39 is 10.9 Å². The summed E-state index contributed by atoms with van der Waals surface area (Å²) in [6.07, 6.45) is 2.79. The second-order valence-electron chi connectivity index (χ2n) is 6.42. The third-order valence-corrected chi connectivity index (χ3v) is 4.67. The zero-order chi connectivity index (χ0) is 18.4. The van der Waals surface area contributed by atoms with Gasteiger partial charge in [0.2, 0.25) is 0 Å². The van der Waals surface area contributed by atoms with Crippen molar-refractivity contribution < 1.29 is 19.6 Å². The number of methoxy groups -OCH3 is 1. The molecular formula is C17H26ClN3O5. The van der Waals surface area contributed by atoms with Gasteiger partial charge in [0, 0.05) is 30.3 Å². The summed E-state index contributed by atoms with van der Waals surface area (Å²) in [4.78, 5) is 25.6. The molecule has 1 saturated heterocycles. The van der Waals surface area contributed by atoms with Crippen LogP contribution in [0.3, 0.4) is 0 Å². The topological polar surface area (TPSA) is 96.2 Å². The molecule has 0 saturated carbocycles. The molecule has 1 aromatic rings. The molecule has 1 aliphatic heterocycles. The number of benzene rings is 1.